The molecule has 2 aliphatic rings. The van der Waals surface area contributed by atoms with Gasteiger partial charge in [-0.3, -0.25) is 4.79 Å². The summed E-state index contributed by atoms with van der Waals surface area (Å²) in [7, 11) is 0. The van der Waals surface area contributed by atoms with Crippen molar-refractivity contribution < 1.29 is 4.79 Å². The summed E-state index contributed by atoms with van der Waals surface area (Å²) in [5.74, 6) is 0.158. The van der Waals surface area contributed by atoms with E-state index in [1.165, 1.54) is 21.9 Å². The van der Waals surface area contributed by atoms with Crippen LogP contribution in [-0.2, 0) is 11.2 Å². The fraction of sp³-hybridized carbons (Fsp3) is 0.227. The fourth-order valence-electron chi connectivity index (χ4n) is 4.23. The Balaban J connectivity index is 1.38. The summed E-state index contributed by atoms with van der Waals surface area (Å²) >= 11 is 0. The summed E-state index contributed by atoms with van der Waals surface area (Å²) < 4.78 is 0. The van der Waals surface area contributed by atoms with Gasteiger partial charge in [0.25, 0.3) is 0 Å². The van der Waals surface area contributed by atoms with Gasteiger partial charge < -0.3 is 4.90 Å². The van der Waals surface area contributed by atoms with E-state index in [1.54, 1.807) is 0 Å². The zero-order chi connectivity index (χ0) is 17.5. The largest absolute Gasteiger partial charge is 0.310 e. The van der Waals surface area contributed by atoms with E-state index >= 15 is 0 Å². The summed E-state index contributed by atoms with van der Waals surface area (Å²) in [6.07, 6.45) is 1.69. The number of para-hydroxylation sites is 1. The number of amides is 1. The molecule has 1 amide bonds. The van der Waals surface area contributed by atoms with E-state index in [4.69, 9.17) is 0 Å². The number of benzene rings is 3. The molecule has 26 heavy (non-hydrogen) atoms. The lowest BCUT2D eigenvalue weighted by molar-refractivity contribution is -0.120. The molecule has 1 saturated heterocycles. The predicted molar refractivity (Wildman–Crippen MR) is 104 cm³/mol. The van der Waals surface area contributed by atoms with Gasteiger partial charge in [-0.1, -0.05) is 60.7 Å². The molecule has 4 nitrogen and oxygen atoms in total. The molecule has 0 aliphatic carbocycles. The number of fused-ring (bicyclic) bond motifs is 2. The first-order valence-corrected chi connectivity index (χ1v) is 9.19. The third kappa shape index (κ3) is 2.50. The Bertz CT molecular complexity index is 979. The number of nitrogens with one attached hydrogen (secondary N) is 2. The Kier molecular flexibility index (Phi) is 3.73. The van der Waals surface area contributed by atoms with Crippen molar-refractivity contribution in [3.8, 4) is 0 Å². The van der Waals surface area contributed by atoms with Crippen molar-refractivity contribution in [2.45, 2.75) is 24.9 Å². The topological polar surface area (TPSA) is 44.4 Å². The number of carbonyl (C=O) groups excluding carboxylic acids is 1. The highest BCUT2D eigenvalue weighted by atomic mass is 16.2. The number of rotatable bonds is 2. The first kappa shape index (κ1) is 15.6. The van der Waals surface area contributed by atoms with Crippen LogP contribution in [0.15, 0.2) is 66.7 Å². The van der Waals surface area contributed by atoms with E-state index in [1.807, 2.05) is 23.1 Å². The van der Waals surface area contributed by atoms with Gasteiger partial charge >= 0.3 is 0 Å². The molecular weight excluding hydrogens is 322 g/mol. The maximum absolute atomic E-state index is 13.1. The summed E-state index contributed by atoms with van der Waals surface area (Å²) in [4.78, 5) is 15.0. The van der Waals surface area contributed by atoms with Crippen molar-refractivity contribution in [3.63, 3.8) is 0 Å². The molecule has 2 atom stereocenters. The van der Waals surface area contributed by atoms with Crippen molar-refractivity contribution in [3.05, 3.63) is 77.9 Å². The van der Waals surface area contributed by atoms with Gasteiger partial charge in [0.2, 0.25) is 5.91 Å². The second kappa shape index (κ2) is 6.24. The number of hydrogen-bond acceptors (Lipinski definition) is 3. The molecule has 0 radical (unpaired) electrons. The fourth-order valence-corrected chi connectivity index (χ4v) is 4.23. The van der Waals surface area contributed by atoms with Crippen LogP contribution in [0.5, 0.6) is 0 Å². The predicted octanol–water partition coefficient (Wildman–Crippen LogP) is 3.34. The minimum Gasteiger partial charge on any atom is -0.310 e. The normalized spacial score (nSPS) is 21.9. The molecule has 3 aromatic rings. The third-order valence-electron chi connectivity index (χ3n) is 5.55. The first-order chi connectivity index (χ1) is 12.8. The standard InChI is InChI=1S/C22H21N3O/c26-22(25-13-12-16-7-2-4-11-21(16)25)20-14-19(23-24-20)18-10-5-8-15-6-1-3-9-17(15)18/h1-11,19-20,23-24H,12-14H2. The van der Waals surface area contributed by atoms with Gasteiger partial charge in [0.05, 0.1) is 0 Å². The molecule has 3 aromatic carbocycles. The van der Waals surface area contributed by atoms with E-state index in [0.717, 1.165) is 25.1 Å². The van der Waals surface area contributed by atoms with Gasteiger partial charge in [-0.25, -0.2) is 10.9 Å². The highest BCUT2D eigenvalue weighted by Crippen LogP contribution is 2.32. The Morgan fingerprint density at radius 1 is 0.923 bits per heavy atom. The molecule has 1 fully saturated rings. The number of nitrogens with zero attached hydrogens (tertiary/aromatic N) is 1. The van der Waals surface area contributed by atoms with Gasteiger partial charge in [-0.2, -0.15) is 0 Å². The van der Waals surface area contributed by atoms with Crippen molar-refractivity contribution >= 4 is 22.4 Å². The Morgan fingerprint density at radius 3 is 2.69 bits per heavy atom. The summed E-state index contributed by atoms with van der Waals surface area (Å²) in [5.41, 5.74) is 10.1. The van der Waals surface area contributed by atoms with Crippen molar-refractivity contribution in [1.82, 2.24) is 10.9 Å². The number of carbonyl (C=O) groups is 1. The van der Waals surface area contributed by atoms with Crippen LogP contribution in [-0.4, -0.2) is 18.5 Å². The minimum absolute atomic E-state index is 0.132. The van der Waals surface area contributed by atoms with Crippen LogP contribution in [0.4, 0.5) is 5.69 Å². The van der Waals surface area contributed by atoms with Gasteiger partial charge in [-0.05, 0) is 40.8 Å². The molecule has 0 bridgehead atoms. The van der Waals surface area contributed by atoms with Gasteiger partial charge in [0.1, 0.15) is 6.04 Å². The molecule has 130 valence electrons. The second-order valence-corrected chi connectivity index (χ2v) is 7.07. The number of anilines is 1. The molecule has 0 aromatic heterocycles. The van der Waals surface area contributed by atoms with Crippen LogP contribution in [0.2, 0.25) is 0 Å². The molecule has 5 rings (SSSR count). The monoisotopic (exact) mass is 343 g/mol. The average Bonchev–Trinajstić information content (AvgIpc) is 3.34. The molecule has 2 N–H and O–H groups in total. The minimum atomic E-state index is -0.204. The quantitative estimate of drug-likeness (QED) is 0.750. The summed E-state index contributed by atoms with van der Waals surface area (Å²) in [6.45, 7) is 0.773. The number of hydrazine groups is 1. The van der Waals surface area contributed by atoms with Crippen molar-refractivity contribution in [2.24, 2.45) is 0 Å². The maximum atomic E-state index is 13.1. The van der Waals surface area contributed by atoms with E-state index in [2.05, 4.69) is 59.4 Å². The van der Waals surface area contributed by atoms with Gasteiger partial charge in [0.15, 0.2) is 0 Å². The second-order valence-electron chi connectivity index (χ2n) is 7.07. The van der Waals surface area contributed by atoms with Crippen molar-refractivity contribution in [1.29, 1.82) is 0 Å². The highest BCUT2D eigenvalue weighted by molar-refractivity contribution is 5.99. The SMILES string of the molecule is O=C(C1CC(c2cccc3ccccc23)NN1)N1CCc2ccccc21. The Labute approximate surface area is 152 Å². The molecule has 4 heteroatoms. The van der Waals surface area contributed by atoms with Crippen LogP contribution < -0.4 is 15.8 Å². The lowest BCUT2D eigenvalue weighted by atomic mass is 9.96. The first-order valence-electron chi connectivity index (χ1n) is 9.19. The zero-order valence-corrected chi connectivity index (χ0v) is 14.5. The summed E-state index contributed by atoms with van der Waals surface area (Å²) in [6, 6.07) is 22.9. The lowest BCUT2D eigenvalue weighted by Crippen LogP contribution is -2.45. The highest BCUT2D eigenvalue weighted by Gasteiger charge is 2.35. The Morgan fingerprint density at radius 2 is 1.73 bits per heavy atom. The molecular formula is C22H21N3O. The van der Waals surface area contributed by atoms with Crippen LogP contribution in [0, 0.1) is 0 Å². The van der Waals surface area contributed by atoms with E-state index in [9.17, 15) is 4.79 Å². The Hall–Kier alpha value is -2.69. The molecule has 2 unspecified atom stereocenters. The zero-order valence-electron chi connectivity index (χ0n) is 14.5. The third-order valence-corrected chi connectivity index (χ3v) is 5.55. The van der Waals surface area contributed by atoms with Crippen LogP contribution >= 0.6 is 0 Å². The van der Waals surface area contributed by atoms with E-state index in [-0.39, 0.29) is 18.0 Å². The average molecular weight is 343 g/mol. The van der Waals surface area contributed by atoms with Crippen LogP contribution in [0.25, 0.3) is 10.8 Å². The van der Waals surface area contributed by atoms with Crippen molar-refractivity contribution in [2.75, 3.05) is 11.4 Å². The smallest absolute Gasteiger partial charge is 0.245 e. The summed E-state index contributed by atoms with van der Waals surface area (Å²) in [5, 5.41) is 2.48. The van der Waals surface area contributed by atoms with Crippen LogP contribution in [0.3, 0.4) is 0 Å². The van der Waals surface area contributed by atoms with E-state index in [0.29, 0.717) is 0 Å². The maximum Gasteiger partial charge on any atom is 0.245 e. The lowest BCUT2D eigenvalue weighted by Gasteiger charge is -2.21. The number of hydrogen-bond donors (Lipinski definition) is 2. The molecule has 2 aliphatic heterocycles. The van der Waals surface area contributed by atoms with Gasteiger partial charge in [0, 0.05) is 18.3 Å². The van der Waals surface area contributed by atoms with Crippen LogP contribution in [0.1, 0.15) is 23.6 Å². The molecule has 2 heterocycles. The van der Waals surface area contributed by atoms with E-state index < -0.39 is 0 Å². The molecule has 0 saturated carbocycles. The van der Waals surface area contributed by atoms with Gasteiger partial charge in [-0.15, -0.1) is 0 Å². The molecule has 0 spiro atoms.